The predicted molar refractivity (Wildman–Crippen MR) is 69.2 cm³/mol. The minimum atomic E-state index is 0.529. The fraction of sp³-hybridized carbons (Fsp3) is 0.308. The lowest BCUT2D eigenvalue weighted by Crippen LogP contribution is -1.94. The van der Waals surface area contributed by atoms with E-state index in [9.17, 15) is 0 Å². The molecule has 0 unspecified atom stereocenters. The number of hydrogen-bond acceptors (Lipinski definition) is 3. The van der Waals surface area contributed by atoms with Crippen LogP contribution in [0.3, 0.4) is 0 Å². The van der Waals surface area contributed by atoms with Gasteiger partial charge >= 0.3 is 0 Å². The SMILES string of the molecule is COc1c(C)cc(C)cc1-c1[nH]nc(N)c1C. The molecular weight excluding hydrogens is 214 g/mol. The number of aromatic nitrogens is 2. The molecule has 3 N–H and O–H groups in total. The van der Waals surface area contributed by atoms with E-state index >= 15 is 0 Å². The molecule has 0 aliphatic carbocycles. The first-order chi connectivity index (χ1) is 8.04. The van der Waals surface area contributed by atoms with Crippen molar-refractivity contribution in [2.24, 2.45) is 0 Å². The highest BCUT2D eigenvalue weighted by Gasteiger charge is 2.15. The molecule has 1 aromatic carbocycles. The largest absolute Gasteiger partial charge is 0.496 e. The molecule has 0 aliphatic heterocycles. The van der Waals surface area contributed by atoms with Crippen LogP contribution in [0.15, 0.2) is 12.1 Å². The Labute approximate surface area is 101 Å². The first-order valence-corrected chi connectivity index (χ1v) is 5.50. The Kier molecular flexibility index (Phi) is 2.79. The van der Waals surface area contributed by atoms with Crippen molar-refractivity contribution in [2.75, 3.05) is 12.8 Å². The highest BCUT2D eigenvalue weighted by molar-refractivity contribution is 5.75. The van der Waals surface area contributed by atoms with Gasteiger partial charge in [0.15, 0.2) is 0 Å². The molecule has 2 rings (SSSR count). The van der Waals surface area contributed by atoms with Crippen LogP contribution < -0.4 is 10.5 Å². The van der Waals surface area contributed by atoms with Crippen LogP contribution in [0.25, 0.3) is 11.3 Å². The van der Waals surface area contributed by atoms with Crippen molar-refractivity contribution in [3.63, 3.8) is 0 Å². The van der Waals surface area contributed by atoms with Crippen LogP contribution in [0.1, 0.15) is 16.7 Å². The van der Waals surface area contributed by atoms with Gasteiger partial charge in [-0.05, 0) is 38.0 Å². The summed E-state index contributed by atoms with van der Waals surface area (Å²) in [7, 11) is 1.68. The molecule has 4 nitrogen and oxygen atoms in total. The Balaban J connectivity index is 2.70. The smallest absolute Gasteiger partial charge is 0.148 e. The number of hydrogen-bond donors (Lipinski definition) is 2. The minimum absolute atomic E-state index is 0.529. The molecule has 90 valence electrons. The van der Waals surface area contributed by atoms with Crippen molar-refractivity contribution in [2.45, 2.75) is 20.8 Å². The van der Waals surface area contributed by atoms with E-state index in [1.54, 1.807) is 7.11 Å². The molecular formula is C13H17N3O. The first-order valence-electron chi connectivity index (χ1n) is 5.50. The van der Waals surface area contributed by atoms with E-state index < -0.39 is 0 Å². The van der Waals surface area contributed by atoms with E-state index in [1.165, 1.54) is 5.56 Å². The molecule has 0 amide bonds. The zero-order valence-electron chi connectivity index (χ0n) is 10.6. The summed E-state index contributed by atoms with van der Waals surface area (Å²) in [6, 6.07) is 4.17. The average molecular weight is 231 g/mol. The third-order valence-electron chi connectivity index (χ3n) is 2.94. The maximum Gasteiger partial charge on any atom is 0.148 e. The van der Waals surface area contributed by atoms with Gasteiger partial charge in [0.1, 0.15) is 11.6 Å². The molecule has 0 bridgehead atoms. The molecule has 4 heteroatoms. The molecule has 1 aromatic heterocycles. The zero-order chi connectivity index (χ0) is 12.6. The summed E-state index contributed by atoms with van der Waals surface area (Å²) in [6.07, 6.45) is 0. The quantitative estimate of drug-likeness (QED) is 0.835. The molecule has 0 aliphatic rings. The second kappa shape index (κ2) is 4.13. The van der Waals surface area contributed by atoms with Gasteiger partial charge in [-0.25, -0.2) is 0 Å². The fourth-order valence-corrected chi connectivity index (χ4v) is 2.09. The van der Waals surface area contributed by atoms with Crippen molar-refractivity contribution < 1.29 is 4.74 Å². The number of anilines is 1. The maximum atomic E-state index is 5.76. The van der Waals surface area contributed by atoms with Gasteiger partial charge < -0.3 is 10.5 Å². The summed E-state index contributed by atoms with van der Waals surface area (Å²) in [6.45, 7) is 6.04. The van der Waals surface area contributed by atoms with E-state index in [0.29, 0.717) is 5.82 Å². The number of benzene rings is 1. The topological polar surface area (TPSA) is 63.9 Å². The molecule has 0 saturated carbocycles. The van der Waals surface area contributed by atoms with Gasteiger partial charge in [-0.15, -0.1) is 0 Å². The Hall–Kier alpha value is -1.97. The Morgan fingerprint density at radius 3 is 2.47 bits per heavy atom. The number of nitrogens with zero attached hydrogens (tertiary/aromatic N) is 1. The second-order valence-electron chi connectivity index (χ2n) is 4.27. The van der Waals surface area contributed by atoms with Gasteiger partial charge in [0.2, 0.25) is 0 Å². The van der Waals surface area contributed by atoms with Crippen LogP contribution in [-0.2, 0) is 0 Å². The highest BCUT2D eigenvalue weighted by atomic mass is 16.5. The lowest BCUT2D eigenvalue weighted by molar-refractivity contribution is 0.413. The van der Waals surface area contributed by atoms with Gasteiger partial charge in [-0.2, -0.15) is 5.10 Å². The lowest BCUT2D eigenvalue weighted by Gasteiger charge is -2.12. The van der Waals surface area contributed by atoms with Gasteiger partial charge in [-0.3, -0.25) is 5.10 Å². The van der Waals surface area contributed by atoms with E-state index in [0.717, 1.165) is 28.1 Å². The van der Waals surface area contributed by atoms with Crippen molar-refractivity contribution >= 4 is 5.82 Å². The van der Waals surface area contributed by atoms with Crippen LogP contribution in [0, 0.1) is 20.8 Å². The number of nitrogen functional groups attached to an aromatic ring is 1. The number of nitrogens with two attached hydrogens (primary N) is 1. The summed E-state index contributed by atoms with van der Waals surface area (Å²) < 4.78 is 5.46. The summed E-state index contributed by atoms with van der Waals surface area (Å²) in [4.78, 5) is 0. The van der Waals surface area contributed by atoms with E-state index in [-0.39, 0.29) is 0 Å². The van der Waals surface area contributed by atoms with Gasteiger partial charge in [0.25, 0.3) is 0 Å². The van der Waals surface area contributed by atoms with Gasteiger partial charge in [0, 0.05) is 11.1 Å². The first kappa shape index (κ1) is 11.5. The molecule has 0 fully saturated rings. The molecule has 0 atom stereocenters. The fourth-order valence-electron chi connectivity index (χ4n) is 2.09. The monoisotopic (exact) mass is 231 g/mol. The number of methoxy groups -OCH3 is 1. The molecule has 17 heavy (non-hydrogen) atoms. The lowest BCUT2D eigenvalue weighted by atomic mass is 10.0. The number of ether oxygens (including phenoxy) is 1. The number of aromatic amines is 1. The van der Waals surface area contributed by atoms with Crippen molar-refractivity contribution in [3.05, 3.63) is 28.8 Å². The number of rotatable bonds is 2. The average Bonchev–Trinajstić information content (AvgIpc) is 2.59. The number of aryl methyl sites for hydroxylation is 2. The summed E-state index contributed by atoms with van der Waals surface area (Å²) in [5, 5.41) is 6.99. The predicted octanol–water partition coefficient (Wildman–Crippen LogP) is 2.59. The third kappa shape index (κ3) is 1.86. The van der Waals surface area contributed by atoms with Crippen LogP contribution >= 0.6 is 0 Å². The van der Waals surface area contributed by atoms with E-state index in [4.69, 9.17) is 10.5 Å². The maximum absolute atomic E-state index is 5.76. The standard InChI is InChI=1S/C13H17N3O/c1-7-5-8(2)12(17-4)10(6-7)11-9(3)13(14)16-15-11/h5-6H,1-4H3,(H3,14,15,16). The summed E-state index contributed by atoms with van der Waals surface area (Å²) in [5.74, 6) is 1.39. The van der Waals surface area contributed by atoms with Crippen molar-refractivity contribution in [1.82, 2.24) is 10.2 Å². The summed E-state index contributed by atoms with van der Waals surface area (Å²) >= 11 is 0. The number of H-pyrrole nitrogens is 1. The van der Waals surface area contributed by atoms with Crippen LogP contribution in [0.5, 0.6) is 5.75 Å². The van der Waals surface area contributed by atoms with Gasteiger partial charge in [0.05, 0.1) is 12.8 Å². The van der Waals surface area contributed by atoms with Gasteiger partial charge in [-0.1, -0.05) is 6.07 Å². The molecule has 1 heterocycles. The zero-order valence-corrected chi connectivity index (χ0v) is 10.6. The Bertz CT molecular complexity index is 558. The normalized spacial score (nSPS) is 10.6. The molecule has 0 radical (unpaired) electrons. The van der Waals surface area contributed by atoms with Crippen LogP contribution in [0.2, 0.25) is 0 Å². The Morgan fingerprint density at radius 2 is 1.94 bits per heavy atom. The Morgan fingerprint density at radius 1 is 1.24 bits per heavy atom. The van der Waals surface area contributed by atoms with E-state index in [2.05, 4.69) is 29.3 Å². The van der Waals surface area contributed by atoms with Crippen LogP contribution in [-0.4, -0.2) is 17.3 Å². The summed E-state index contributed by atoms with van der Waals surface area (Å²) in [5.41, 5.74) is 10.9. The molecule has 2 aromatic rings. The van der Waals surface area contributed by atoms with E-state index in [1.807, 2.05) is 13.8 Å². The molecule has 0 saturated heterocycles. The minimum Gasteiger partial charge on any atom is -0.496 e. The number of nitrogens with one attached hydrogen (secondary N) is 1. The third-order valence-corrected chi connectivity index (χ3v) is 2.94. The van der Waals surface area contributed by atoms with Crippen molar-refractivity contribution in [1.29, 1.82) is 0 Å². The molecule has 0 spiro atoms. The highest BCUT2D eigenvalue weighted by Crippen LogP contribution is 2.35. The van der Waals surface area contributed by atoms with Crippen LogP contribution in [0.4, 0.5) is 5.82 Å². The second-order valence-corrected chi connectivity index (χ2v) is 4.27. The van der Waals surface area contributed by atoms with Crippen molar-refractivity contribution in [3.8, 4) is 17.0 Å².